The fourth-order valence-electron chi connectivity index (χ4n) is 3.49. The molecule has 0 bridgehead atoms. The Morgan fingerprint density at radius 2 is 2.20 bits per heavy atom. The summed E-state index contributed by atoms with van der Waals surface area (Å²) in [6.07, 6.45) is 2.81. The van der Waals surface area contributed by atoms with Gasteiger partial charge >= 0.3 is 5.97 Å². The van der Waals surface area contributed by atoms with E-state index >= 15 is 0 Å². The van der Waals surface area contributed by atoms with E-state index in [0.717, 1.165) is 40.8 Å². The molecule has 1 aromatic heterocycles. The quantitative estimate of drug-likeness (QED) is 0.560. The van der Waals surface area contributed by atoms with Crippen molar-refractivity contribution in [2.24, 2.45) is 11.3 Å². The summed E-state index contributed by atoms with van der Waals surface area (Å²) in [6, 6.07) is 5.71. The summed E-state index contributed by atoms with van der Waals surface area (Å²) in [5.74, 6) is 5.36. The second-order valence-electron chi connectivity index (χ2n) is 7.26. The molecule has 0 saturated heterocycles. The zero-order chi connectivity index (χ0) is 18.2. The van der Waals surface area contributed by atoms with Gasteiger partial charge in [-0.3, -0.25) is 11.3 Å². The zero-order valence-electron chi connectivity index (χ0n) is 14.8. The molecule has 6 heteroatoms. The summed E-state index contributed by atoms with van der Waals surface area (Å²) in [5.41, 5.74) is 6.09. The molecule has 0 radical (unpaired) electrons. The van der Waals surface area contributed by atoms with Gasteiger partial charge in [0.25, 0.3) is 0 Å². The first-order valence-electron chi connectivity index (χ1n) is 8.35. The lowest BCUT2D eigenvalue weighted by Crippen LogP contribution is -2.22. The second-order valence-corrected chi connectivity index (χ2v) is 8.36. The number of carboxylic acid groups (broad SMARTS) is 1. The summed E-state index contributed by atoms with van der Waals surface area (Å²) in [4.78, 5) is 14.1. The van der Waals surface area contributed by atoms with Crippen LogP contribution >= 0.6 is 11.3 Å². The lowest BCUT2D eigenvalue weighted by Gasteiger charge is -2.29. The molecule has 1 aliphatic rings. The highest BCUT2D eigenvalue weighted by Gasteiger charge is 2.33. The number of nitrogens with two attached hydrogens (primary N) is 1. The van der Waals surface area contributed by atoms with Crippen LogP contribution in [0.1, 0.15) is 46.6 Å². The minimum Gasteiger partial charge on any atom is -0.497 e. The van der Waals surface area contributed by atoms with E-state index in [1.807, 2.05) is 18.2 Å². The van der Waals surface area contributed by atoms with Gasteiger partial charge in [0.15, 0.2) is 0 Å². The van der Waals surface area contributed by atoms with E-state index in [9.17, 15) is 9.90 Å². The lowest BCUT2D eigenvalue weighted by molar-refractivity contribution is 0.0696. The predicted octanol–water partition coefficient (Wildman–Crippen LogP) is 3.60. The van der Waals surface area contributed by atoms with Crippen LogP contribution in [0.25, 0.3) is 10.4 Å². The zero-order valence-corrected chi connectivity index (χ0v) is 15.6. The van der Waals surface area contributed by atoms with E-state index in [-0.39, 0.29) is 5.41 Å². The third-order valence-electron chi connectivity index (χ3n) is 4.84. The van der Waals surface area contributed by atoms with Crippen LogP contribution in [0.15, 0.2) is 18.2 Å². The van der Waals surface area contributed by atoms with Gasteiger partial charge in [-0.2, -0.15) is 0 Å². The molecule has 0 aliphatic heterocycles. The van der Waals surface area contributed by atoms with Gasteiger partial charge in [-0.15, -0.1) is 11.3 Å². The highest BCUT2D eigenvalue weighted by Crippen LogP contribution is 2.46. The van der Waals surface area contributed by atoms with Crippen molar-refractivity contribution >= 4 is 17.3 Å². The Hall–Kier alpha value is -1.89. The molecule has 0 spiro atoms. The number of hydrogen-bond acceptors (Lipinski definition) is 5. The molecule has 0 fully saturated rings. The molecule has 1 heterocycles. The van der Waals surface area contributed by atoms with Crippen molar-refractivity contribution in [3.63, 3.8) is 0 Å². The minimum atomic E-state index is -0.861. The maximum atomic E-state index is 12.1. The first-order chi connectivity index (χ1) is 11.9. The van der Waals surface area contributed by atoms with Gasteiger partial charge in [0, 0.05) is 21.9 Å². The minimum absolute atomic E-state index is 0.131. The first kappa shape index (κ1) is 17.9. The van der Waals surface area contributed by atoms with Gasteiger partial charge < -0.3 is 9.84 Å². The molecule has 1 aromatic carbocycles. The number of carboxylic acids is 1. The first-order valence-corrected chi connectivity index (χ1v) is 9.16. The van der Waals surface area contributed by atoms with E-state index in [1.54, 1.807) is 18.4 Å². The van der Waals surface area contributed by atoms with Crippen molar-refractivity contribution in [2.75, 3.05) is 7.11 Å². The fourth-order valence-corrected chi connectivity index (χ4v) is 4.85. The summed E-state index contributed by atoms with van der Waals surface area (Å²) >= 11 is 1.60. The number of aryl methyl sites for hydroxylation is 1. The third kappa shape index (κ3) is 3.42. The number of aromatic carboxylic acids is 1. The summed E-state index contributed by atoms with van der Waals surface area (Å²) < 4.78 is 5.35. The predicted molar refractivity (Wildman–Crippen MR) is 100 cm³/mol. The fraction of sp³-hybridized carbons (Fsp3) is 0.421. The van der Waals surface area contributed by atoms with Crippen LogP contribution in [0.4, 0.5) is 0 Å². The van der Waals surface area contributed by atoms with Crippen LogP contribution in [0.2, 0.25) is 0 Å². The van der Waals surface area contributed by atoms with E-state index in [0.29, 0.717) is 17.9 Å². The molecule has 0 atom stereocenters. The van der Waals surface area contributed by atoms with Crippen molar-refractivity contribution in [1.29, 1.82) is 0 Å². The van der Waals surface area contributed by atoms with Crippen molar-refractivity contribution in [1.82, 2.24) is 5.43 Å². The molecule has 25 heavy (non-hydrogen) atoms. The van der Waals surface area contributed by atoms with E-state index in [4.69, 9.17) is 10.6 Å². The number of fused-ring (bicyclic) bond motifs is 1. The summed E-state index contributed by atoms with van der Waals surface area (Å²) in [6.45, 7) is 4.87. The highest BCUT2D eigenvalue weighted by atomic mass is 32.1. The number of hydrazine groups is 1. The highest BCUT2D eigenvalue weighted by molar-refractivity contribution is 7.16. The van der Waals surface area contributed by atoms with Crippen LogP contribution in [0.3, 0.4) is 0 Å². The van der Waals surface area contributed by atoms with Crippen molar-refractivity contribution in [2.45, 2.75) is 39.7 Å². The number of rotatable bonds is 5. The molecular formula is C19H24N2O3S. The van der Waals surface area contributed by atoms with Crippen LogP contribution in [-0.4, -0.2) is 18.2 Å². The third-order valence-corrected chi connectivity index (χ3v) is 6.17. The normalized spacial score (nSPS) is 15.7. The van der Waals surface area contributed by atoms with Crippen molar-refractivity contribution in [3.05, 3.63) is 39.8 Å². The van der Waals surface area contributed by atoms with Gasteiger partial charge in [-0.05, 0) is 47.9 Å². The number of thiophene rings is 1. The summed E-state index contributed by atoms with van der Waals surface area (Å²) in [5, 5.41) is 9.92. The average molecular weight is 360 g/mol. The molecule has 0 unspecified atom stereocenters. The Morgan fingerprint density at radius 3 is 2.84 bits per heavy atom. The van der Waals surface area contributed by atoms with E-state index in [1.165, 1.54) is 4.88 Å². The SMILES string of the molecule is COc1ccc(CNN)c(-c2sc3c(c2C(=O)O)CC(C)(C)CC3)c1. The topological polar surface area (TPSA) is 84.6 Å². The van der Waals surface area contributed by atoms with Gasteiger partial charge in [0.05, 0.1) is 12.7 Å². The van der Waals surface area contributed by atoms with Gasteiger partial charge in [0.1, 0.15) is 5.75 Å². The number of benzene rings is 1. The van der Waals surface area contributed by atoms with E-state index < -0.39 is 5.97 Å². The van der Waals surface area contributed by atoms with Crippen molar-refractivity contribution < 1.29 is 14.6 Å². The average Bonchev–Trinajstić information content (AvgIpc) is 2.92. The number of hydrogen-bond donors (Lipinski definition) is 3. The molecule has 3 rings (SSSR count). The van der Waals surface area contributed by atoms with Gasteiger partial charge in [0.2, 0.25) is 0 Å². The van der Waals surface area contributed by atoms with Crippen LogP contribution in [-0.2, 0) is 19.4 Å². The molecule has 4 N–H and O–H groups in total. The molecule has 5 nitrogen and oxygen atoms in total. The maximum absolute atomic E-state index is 12.1. The van der Waals surface area contributed by atoms with Crippen LogP contribution in [0.5, 0.6) is 5.75 Å². The Labute approximate surface area is 151 Å². The smallest absolute Gasteiger partial charge is 0.337 e. The molecule has 0 amide bonds. The molecule has 1 aliphatic carbocycles. The molecule has 0 saturated carbocycles. The Balaban J connectivity index is 2.21. The molecule has 2 aromatic rings. The number of nitrogens with one attached hydrogen (secondary N) is 1. The Kier molecular flexibility index (Phi) is 4.86. The monoisotopic (exact) mass is 360 g/mol. The lowest BCUT2D eigenvalue weighted by atomic mass is 9.76. The number of ether oxygens (including phenoxy) is 1. The van der Waals surface area contributed by atoms with Crippen molar-refractivity contribution in [3.8, 4) is 16.2 Å². The largest absolute Gasteiger partial charge is 0.497 e. The Bertz CT molecular complexity index is 811. The van der Waals surface area contributed by atoms with Gasteiger partial charge in [-0.1, -0.05) is 19.9 Å². The standard InChI is InChI=1S/C19H24N2O3S/c1-19(2)7-6-15-14(9-19)16(18(22)23)17(25-15)13-8-12(24-3)5-4-11(13)10-21-20/h4-5,8,21H,6-7,9-10,20H2,1-3H3,(H,22,23). The second kappa shape index (κ2) is 6.78. The maximum Gasteiger partial charge on any atom is 0.337 e. The number of methoxy groups -OCH3 is 1. The van der Waals surface area contributed by atoms with Gasteiger partial charge in [-0.25, -0.2) is 4.79 Å². The van der Waals surface area contributed by atoms with E-state index in [2.05, 4.69) is 19.3 Å². The van der Waals surface area contributed by atoms with Crippen LogP contribution < -0.4 is 16.0 Å². The Morgan fingerprint density at radius 1 is 1.44 bits per heavy atom. The van der Waals surface area contributed by atoms with Crippen LogP contribution in [0, 0.1) is 5.41 Å². The number of carbonyl (C=O) groups is 1. The molecular weight excluding hydrogens is 336 g/mol. The summed E-state index contributed by atoms with van der Waals surface area (Å²) in [7, 11) is 1.61. The molecule has 134 valence electrons.